The number of hydrogen-bond donors (Lipinski definition) is 2. The molecule has 5 nitrogen and oxygen atoms in total. The number of carbonyl (C=O) groups is 1. The van der Waals surface area contributed by atoms with E-state index in [9.17, 15) is 4.79 Å². The predicted molar refractivity (Wildman–Crippen MR) is 77.3 cm³/mol. The van der Waals surface area contributed by atoms with Crippen LogP contribution in [0.5, 0.6) is 5.75 Å². The minimum atomic E-state index is -0.467. The van der Waals surface area contributed by atoms with Crippen LogP contribution in [0, 0.1) is 16.7 Å². The van der Waals surface area contributed by atoms with Gasteiger partial charge in [-0.25, -0.2) is 0 Å². The summed E-state index contributed by atoms with van der Waals surface area (Å²) < 4.78 is 5.17. The lowest BCUT2D eigenvalue weighted by atomic mass is 9.92. The van der Waals surface area contributed by atoms with Gasteiger partial charge in [0.1, 0.15) is 11.8 Å². The van der Waals surface area contributed by atoms with Crippen LogP contribution in [0.1, 0.15) is 25.0 Å². The molecule has 0 aliphatic rings. The highest BCUT2D eigenvalue weighted by Crippen LogP contribution is 2.19. The molecule has 0 spiro atoms. The second-order valence-corrected chi connectivity index (χ2v) is 5.21. The molecule has 108 valence electrons. The molecular formula is C15H21N3O2. The van der Waals surface area contributed by atoms with E-state index in [0.29, 0.717) is 24.4 Å². The largest absolute Gasteiger partial charge is 0.495 e. The van der Waals surface area contributed by atoms with Gasteiger partial charge in [0, 0.05) is 20.1 Å². The monoisotopic (exact) mass is 275 g/mol. The maximum absolute atomic E-state index is 11.7. The first-order valence-corrected chi connectivity index (χ1v) is 6.44. The van der Waals surface area contributed by atoms with Crippen LogP contribution >= 0.6 is 0 Å². The van der Waals surface area contributed by atoms with E-state index < -0.39 is 5.41 Å². The molecule has 0 atom stereocenters. The topological polar surface area (TPSA) is 74.2 Å². The smallest absolute Gasteiger partial charge is 0.226 e. The molecule has 0 bridgehead atoms. The van der Waals surface area contributed by atoms with Crippen LogP contribution in [-0.2, 0) is 11.3 Å². The minimum Gasteiger partial charge on any atom is -0.495 e. The van der Waals surface area contributed by atoms with E-state index in [2.05, 4.69) is 16.7 Å². The van der Waals surface area contributed by atoms with E-state index >= 15 is 0 Å². The third kappa shape index (κ3) is 3.97. The highest BCUT2D eigenvalue weighted by molar-refractivity contribution is 5.81. The van der Waals surface area contributed by atoms with Crippen LogP contribution in [0.15, 0.2) is 18.2 Å². The molecule has 0 unspecified atom stereocenters. The molecule has 2 N–H and O–H groups in total. The second-order valence-electron chi connectivity index (χ2n) is 5.21. The lowest BCUT2D eigenvalue weighted by Crippen LogP contribution is -2.41. The summed E-state index contributed by atoms with van der Waals surface area (Å²) in [5.41, 5.74) is 1.06. The summed E-state index contributed by atoms with van der Waals surface area (Å²) in [7, 11) is 3.18. The van der Waals surface area contributed by atoms with Crippen LogP contribution in [0.25, 0.3) is 0 Å². The number of carbonyl (C=O) groups excluding carboxylic acids is 1. The van der Waals surface area contributed by atoms with E-state index in [1.807, 2.05) is 26.0 Å². The Balaban J connectivity index is 2.63. The normalized spacial score (nSPS) is 10.8. The Hall–Kier alpha value is -2.06. The molecule has 20 heavy (non-hydrogen) atoms. The summed E-state index contributed by atoms with van der Waals surface area (Å²) in [6.07, 6.45) is 0. The summed E-state index contributed by atoms with van der Waals surface area (Å²) in [5.74, 6) is 0.569. The third-order valence-corrected chi connectivity index (χ3v) is 3.12. The summed E-state index contributed by atoms with van der Waals surface area (Å²) in [5, 5.41) is 14.8. The Bertz CT molecular complexity index is 518. The van der Waals surface area contributed by atoms with Gasteiger partial charge in [-0.1, -0.05) is 6.07 Å². The van der Waals surface area contributed by atoms with Crippen molar-refractivity contribution in [3.05, 3.63) is 29.3 Å². The first-order chi connectivity index (χ1) is 9.44. The fraction of sp³-hybridized carbons (Fsp3) is 0.467. The van der Waals surface area contributed by atoms with Gasteiger partial charge in [-0.05, 0) is 31.5 Å². The van der Waals surface area contributed by atoms with Gasteiger partial charge in [-0.3, -0.25) is 4.79 Å². The summed E-state index contributed by atoms with van der Waals surface area (Å²) >= 11 is 0. The van der Waals surface area contributed by atoms with E-state index in [0.717, 1.165) is 5.56 Å². The van der Waals surface area contributed by atoms with Gasteiger partial charge < -0.3 is 15.4 Å². The van der Waals surface area contributed by atoms with E-state index in [1.165, 1.54) is 0 Å². The molecular weight excluding hydrogens is 254 g/mol. The van der Waals surface area contributed by atoms with Gasteiger partial charge in [-0.15, -0.1) is 0 Å². The highest BCUT2D eigenvalue weighted by Gasteiger charge is 2.25. The van der Waals surface area contributed by atoms with Crippen molar-refractivity contribution in [2.75, 3.05) is 20.7 Å². The van der Waals surface area contributed by atoms with Crippen molar-refractivity contribution in [3.63, 3.8) is 0 Å². The molecule has 0 aromatic heterocycles. The molecule has 0 saturated heterocycles. The number of nitriles is 1. The Morgan fingerprint density at radius 2 is 2.15 bits per heavy atom. The van der Waals surface area contributed by atoms with Crippen LogP contribution < -0.4 is 15.4 Å². The van der Waals surface area contributed by atoms with Gasteiger partial charge in [0.05, 0.1) is 18.1 Å². The molecule has 0 radical (unpaired) electrons. The van der Waals surface area contributed by atoms with Crippen molar-refractivity contribution in [2.45, 2.75) is 20.4 Å². The van der Waals surface area contributed by atoms with Gasteiger partial charge in [0.2, 0.25) is 5.91 Å². The van der Waals surface area contributed by atoms with E-state index in [-0.39, 0.29) is 5.91 Å². The number of ether oxygens (including phenoxy) is 1. The SMILES string of the molecule is CNC(=O)C(C)(C)CNCc1ccc(C#N)c(OC)c1. The van der Waals surface area contributed by atoms with Crippen molar-refractivity contribution in [2.24, 2.45) is 5.41 Å². The average molecular weight is 275 g/mol. The fourth-order valence-corrected chi connectivity index (χ4v) is 1.88. The van der Waals surface area contributed by atoms with Crippen LogP contribution in [0.3, 0.4) is 0 Å². The van der Waals surface area contributed by atoms with Gasteiger partial charge in [0.25, 0.3) is 0 Å². The van der Waals surface area contributed by atoms with Crippen molar-refractivity contribution in [1.82, 2.24) is 10.6 Å². The first kappa shape index (κ1) is 16.0. The summed E-state index contributed by atoms with van der Waals surface area (Å²) in [6, 6.07) is 7.52. The maximum Gasteiger partial charge on any atom is 0.226 e. The molecule has 1 aromatic carbocycles. The van der Waals surface area contributed by atoms with Crippen molar-refractivity contribution >= 4 is 5.91 Å². The molecule has 5 heteroatoms. The molecule has 1 aromatic rings. The lowest BCUT2D eigenvalue weighted by Gasteiger charge is -2.23. The number of benzene rings is 1. The molecule has 0 saturated carbocycles. The Morgan fingerprint density at radius 3 is 2.70 bits per heavy atom. The van der Waals surface area contributed by atoms with Gasteiger partial charge >= 0.3 is 0 Å². The Morgan fingerprint density at radius 1 is 1.45 bits per heavy atom. The second kappa shape index (κ2) is 6.92. The third-order valence-electron chi connectivity index (χ3n) is 3.12. The Labute approximate surface area is 119 Å². The molecule has 1 rings (SSSR count). The quantitative estimate of drug-likeness (QED) is 0.823. The first-order valence-electron chi connectivity index (χ1n) is 6.44. The van der Waals surface area contributed by atoms with Crippen molar-refractivity contribution < 1.29 is 9.53 Å². The Kier molecular flexibility index (Phi) is 5.53. The number of methoxy groups -OCH3 is 1. The zero-order valence-electron chi connectivity index (χ0n) is 12.4. The van der Waals surface area contributed by atoms with Crippen LogP contribution in [0.2, 0.25) is 0 Å². The summed E-state index contributed by atoms with van der Waals surface area (Å²) in [4.78, 5) is 11.7. The molecule has 0 heterocycles. The molecule has 0 aliphatic carbocycles. The average Bonchev–Trinajstić information content (AvgIpc) is 2.45. The number of amides is 1. The zero-order chi connectivity index (χ0) is 15.2. The van der Waals surface area contributed by atoms with E-state index in [1.54, 1.807) is 20.2 Å². The fourth-order valence-electron chi connectivity index (χ4n) is 1.88. The lowest BCUT2D eigenvalue weighted by molar-refractivity contribution is -0.128. The van der Waals surface area contributed by atoms with Gasteiger partial charge in [-0.2, -0.15) is 5.26 Å². The van der Waals surface area contributed by atoms with Crippen molar-refractivity contribution in [3.8, 4) is 11.8 Å². The maximum atomic E-state index is 11.7. The number of nitrogens with one attached hydrogen (secondary N) is 2. The number of hydrogen-bond acceptors (Lipinski definition) is 4. The van der Waals surface area contributed by atoms with Crippen LogP contribution in [-0.4, -0.2) is 26.6 Å². The van der Waals surface area contributed by atoms with Gasteiger partial charge in [0.15, 0.2) is 0 Å². The molecule has 0 aliphatic heterocycles. The molecule has 1 amide bonds. The number of rotatable bonds is 6. The van der Waals surface area contributed by atoms with E-state index in [4.69, 9.17) is 10.00 Å². The number of nitrogens with zero attached hydrogens (tertiary/aromatic N) is 1. The summed E-state index contributed by atoms with van der Waals surface area (Å²) in [6.45, 7) is 4.95. The van der Waals surface area contributed by atoms with Crippen molar-refractivity contribution in [1.29, 1.82) is 5.26 Å². The minimum absolute atomic E-state index is 0.00223. The standard InChI is InChI=1S/C15H21N3O2/c1-15(2,14(19)17-3)10-18-9-11-5-6-12(8-16)13(7-11)20-4/h5-7,18H,9-10H2,1-4H3,(H,17,19). The molecule has 0 fully saturated rings. The van der Waals surface area contributed by atoms with Crippen LogP contribution in [0.4, 0.5) is 0 Å². The predicted octanol–water partition coefficient (Wildman–Crippen LogP) is 1.43. The highest BCUT2D eigenvalue weighted by atomic mass is 16.5. The zero-order valence-corrected chi connectivity index (χ0v) is 12.4.